The zero-order valence-corrected chi connectivity index (χ0v) is 11.7. The minimum absolute atomic E-state index is 0.726. The molecule has 1 nitrogen and oxygen atoms in total. The van der Waals surface area contributed by atoms with Crippen molar-refractivity contribution in [2.45, 2.75) is 50.1 Å². The van der Waals surface area contributed by atoms with E-state index in [9.17, 15) is 0 Å². The molecule has 0 spiro atoms. The molecular weight excluding hydrogens is 226 g/mol. The predicted molar refractivity (Wildman–Crippen MR) is 76.5 cm³/mol. The van der Waals surface area contributed by atoms with Crippen molar-refractivity contribution in [3.8, 4) is 0 Å². The van der Waals surface area contributed by atoms with Crippen LogP contribution in [0.1, 0.15) is 38.2 Å². The van der Waals surface area contributed by atoms with Gasteiger partial charge in [0.2, 0.25) is 0 Å². The van der Waals surface area contributed by atoms with Crippen molar-refractivity contribution in [3.63, 3.8) is 0 Å². The summed E-state index contributed by atoms with van der Waals surface area (Å²) in [6, 6.07) is 9.64. The lowest BCUT2D eigenvalue weighted by Gasteiger charge is -2.29. The van der Waals surface area contributed by atoms with Crippen molar-refractivity contribution in [1.82, 2.24) is 5.32 Å². The molecule has 0 saturated heterocycles. The van der Waals surface area contributed by atoms with Crippen LogP contribution in [0.3, 0.4) is 0 Å². The van der Waals surface area contributed by atoms with Gasteiger partial charge in [-0.15, -0.1) is 11.8 Å². The van der Waals surface area contributed by atoms with Crippen molar-refractivity contribution in [2.24, 2.45) is 5.92 Å². The fourth-order valence-electron chi connectivity index (χ4n) is 2.61. The fraction of sp³-hybridized carbons (Fsp3) is 0.600. The average molecular weight is 249 g/mol. The fourth-order valence-corrected chi connectivity index (χ4v) is 3.02. The Bertz CT molecular complexity index is 333. The number of rotatable bonds is 4. The molecular formula is C15H23NS. The van der Waals surface area contributed by atoms with E-state index in [1.165, 1.54) is 36.1 Å². The maximum Gasteiger partial charge on any atom is 0.0208 e. The van der Waals surface area contributed by atoms with Crippen molar-refractivity contribution < 1.29 is 0 Å². The van der Waals surface area contributed by atoms with Gasteiger partial charge in [0, 0.05) is 17.5 Å². The molecule has 0 radical (unpaired) electrons. The zero-order valence-electron chi connectivity index (χ0n) is 10.9. The van der Waals surface area contributed by atoms with Crippen LogP contribution in [0.15, 0.2) is 29.2 Å². The summed E-state index contributed by atoms with van der Waals surface area (Å²) in [4.78, 5) is 1.35. The second-order valence-electron chi connectivity index (χ2n) is 5.10. The molecule has 2 atom stereocenters. The van der Waals surface area contributed by atoms with Gasteiger partial charge in [-0.05, 0) is 42.7 Å². The van der Waals surface area contributed by atoms with E-state index in [4.69, 9.17) is 0 Å². The maximum atomic E-state index is 3.72. The smallest absolute Gasteiger partial charge is 0.0208 e. The first-order valence-corrected chi connectivity index (χ1v) is 7.88. The van der Waals surface area contributed by atoms with E-state index in [0.717, 1.165) is 18.5 Å². The molecule has 0 amide bonds. The molecule has 1 N–H and O–H groups in total. The van der Waals surface area contributed by atoms with Crippen LogP contribution in [0.25, 0.3) is 0 Å². The lowest BCUT2D eigenvalue weighted by molar-refractivity contribution is 0.279. The molecule has 94 valence electrons. The largest absolute Gasteiger partial charge is 0.310 e. The lowest BCUT2D eigenvalue weighted by atomic mass is 9.86. The third-order valence-corrected chi connectivity index (χ3v) is 4.58. The van der Waals surface area contributed by atoms with E-state index in [-0.39, 0.29) is 0 Å². The quantitative estimate of drug-likeness (QED) is 0.807. The van der Waals surface area contributed by atoms with Crippen LogP contribution in [0.2, 0.25) is 0 Å². The molecule has 2 heteroatoms. The van der Waals surface area contributed by atoms with Gasteiger partial charge in [-0.1, -0.05) is 31.9 Å². The van der Waals surface area contributed by atoms with E-state index in [2.05, 4.69) is 42.8 Å². The third-order valence-electron chi connectivity index (χ3n) is 3.84. The van der Waals surface area contributed by atoms with Crippen LogP contribution in [-0.2, 0) is 6.54 Å². The molecule has 1 fully saturated rings. The Morgan fingerprint density at radius 3 is 2.53 bits per heavy atom. The van der Waals surface area contributed by atoms with Crippen molar-refractivity contribution in [2.75, 3.05) is 6.26 Å². The maximum absolute atomic E-state index is 3.72. The first kappa shape index (κ1) is 13.0. The number of hydrogen-bond acceptors (Lipinski definition) is 2. The van der Waals surface area contributed by atoms with Gasteiger partial charge in [0.15, 0.2) is 0 Å². The topological polar surface area (TPSA) is 12.0 Å². The highest BCUT2D eigenvalue weighted by Gasteiger charge is 2.20. The van der Waals surface area contributed by atoms with E-state index in [1.807, 2.05) is 0 Å². The molecule has 1 aromatic carbocycles. The minimum Gasteiger partial charge on any atom is -0.310 e. The first-order chi connectivity index (χ1) is 8.29. The minimum atomic E-state index is 0.726. The summed E-state index contributed by atoms with van der Waals surface area (Å²) in [7, 11) is 0. The summed E-state index contributed by atoms with van der Waals surface area (Å²) < 4.78 is 0. The Hall–Kier alpha value is -0.470. The molecule has 1 aliphatic carbocycles. The number of thioether (sulfide) groups is 1. The zero-order chi connectivity index (χ0) is 12.1. The summed E-state index contributed by atoms with van der Waals surface area (Å²) in [5.41, 5.74) is 1.40. The van der Waals surface area contributed by atoms with Crippen LogP contribution >= 0.6 is 11.8 Å². The normalized spacial score (nSPS) is 24.8. The van der Waals surface area contributed by atoms with Gasteiger partial charge in [-0.25, -0.2) is 0 Å². The van der Waals surface area contributed by atoms with E-state index in [1.54, 1.807) is 11.8 Å². The molecule has 0 heterocycles. The summed E-state index contributed by atoms with van der Waals surface area (Å²) in [5, 5.41) is 3.72. The number of hydrogen-bond donors (Lipinski definition) is 1. The standard InChI is InChI=1S/C15H23NS/c1-12-5-3-4-6-15(12)16-11-13-7-9-14(17-2)10-8-13/h7-10,12,15-16H,3-6,11H2,1-2H3. The SMILES string of the molecule is CSc1ccc(CNC2CCCCC2C)cc1. The lowest BCUT2D eigenvalue weighted by Crippen LogP contribution is -2.36. The highest BCUT2D eigenvalue weighted by molar-refractivity contribution is 7.98. The molecule has 0 aromatic heterocycles. The summed E-state index contributed by atoms with van der Waals surface area (Å²) >= 11 is 1.80. The van der Waals surface area contributed by atoms with E-state index in [0.29, 0.717) is 0 Å². The third kappa shape index (κ3) is 3.75. The predicted octanol–water partition coefficient (Wildman–Crippen LogP) is 4.08. The summed E-state index contributed by atoms with van der Waals surface area (Å²) in [6.45, 7) is 3.40. The van der Waals surface area contributed by atoms with Gasteiger partial charge in [0.1, 0.15) is 0 Å². The van der Waals surface area contributed by atoms with Gasteiger partial charge in [-0.2, -0.15) is 0 Å². The van der Waals surface area contributed by atoms with Gasteiger partial charge in [0.05, 0.1) is 0 Å². The highest BCUT2D eigenvalue weighted by Crippen LogP contribution is 2.24. The molecule has 17 heavy (non-hydrogen) atoms. The Kier molecular flexibility index (Phi) is 4.93. The second-order valence-corrected chi connectivity index (χ2v) is 5.98. The molecule has 1 aliphatic rings. The average Bonchev–Trinajstić information content (AvgIpc) is 2.38. The summed E-state index contributed by atoms with van der Waals surface area (Å²) in [5.74, 6) is 0.842. The Labute approximate surface area is 109 Å². The van der Waals surface area contributed by atoms with Gasteiger partial charge >= 0.3 is 0 Å². The summed E-state index contributed by atoms with van der Waals surface area (Å²) in [6.07, 6.45) is 7.68. The van der Waals surface area contributed by atoms with Crippen molar-refractivity contribution >= 4 is 11.8 Å². The van der Waals surface area contributed by atoms with Crippen LogP contribution in [0.5, 0.6) is 0 Å². The molecule has 2 unspecified atom stereocenters. The van der Waals surface area contributed by atoms with Crippen LogP contribution in [0.4, 0.5) is 0 Å². The monoisotopic (exact) mass is 249 g/mol. The van der Waals surface area contributed by atoms with Crippen LogP contribution < -0.4 is 5.32 Å². The Balaban J connectivity index is 1.84. The van der Waals surface area contributed by atoms with E-state index >= 15 is 0 Å². The Morgan fingerprint density at radius 2 is 1.88 bits per heavy atom. The van der Waals surface area contributed by atoms with E-state index < -0.39 is 0 Å². The molecule has 0 bridgehead atoms. The number of nitrogens with one attached hydrogen (secondary N) is 1. The first-order valence-electron chi connectivity index (χ1n) is 6.66. The molecule has 1 aromatic rings. The Morgan fingerprint density at radius 1 is 1.18 bits per heavy atom. The molecule has 2 rings (SSSR count). The van der Waals surface area contributed by atoms with Crippen LogP contribution in [0, 0.1) is 5.92 Å². The number of benzene rings is 1. The van der Waals surface area contributed by atoms with Gasteiger partial charge in [-0.3, -0.25) is 0 Å². The van der Waals surface area contributed by atoms with Crippen molar-refractivity contribution in [1.29, 1.82) is 0 Å². The van der Waals surface area contributed by atoms with Crippen LogP contribution in [-0.4, -0.2) is 12.3 Å². The highest BCUT2D eigenvalue weighted by atomic mass is 32.2. The van der Waals surface area contributed by atoms with Gasteiger partial charge < -0.3 is 5.32 Å². The van der Waals surface area contributed by atoms with Crippen molar-refractivity contribution in [3.05, 3.63) is 29.8 Å². The second kappa shape index (κ2) is 6.46. The molecule has 1 saturated carbocycles. The molecule has 0 aliphatic heterocycles. The van der Waals surface area contributed by atoms with Gasteiger partial charge in [0.25, 0.3) is 0 Å².